The van der Waals surface area contributed by atoms with Crippen molar-refractivity contribution in [2.75, 3.05) is 12.9 Å². The number of carboxylic acid groups (broad SMARTS) is 1. The predicted molar refractivity (Wildman–Crippen MR) is 135 cm³/mol. The molecule has 6 nitrogen and oxygen atoms in total. The molecule has 0 saturated heterocycles. The average Bonchev–Trinajstić information content (AvgIpc) is 2.81. The summed E-state index contributed by atoms with van der Waals surface area (Å²) in [6.07, 6.45) is 7.09. The second-order valence-electron chi connectivity index (χ2n) is 8.77. The van der Waals surface area contributed by atoms with Crippen LogP contribution in [0, 0.1) is 0 Å². The molecule has 2 rings (SSSR count). The largest absolute Gasteiger partial charge is 0.491 e. The first-order valence-corrected chi connectivity index (χ1v) is 14.0. The van der Waals surface area contributed by atoms with Crippen LogP contribution in [0.25, 0.3) is 0 Å². The van der Waals surface area contributed by atoms with E-state index in [9.17, 15) is 13.2 Å². The van der Waals surface area contributed by atoms with Gasteiger partial charge in [0.1, 0.15) is 22.2 Å². The van der Waals surface area contributed by atoms with Crippen molar-refractivity contribution >= 4 is 15.8 Å². The molecule has 0 heterocycles. The third kappa shape index (κ3) is 12.2. The summed E-state index contributed by atoms with van der Waals surface area (Å²) in [5.74, 6) is 0.00187. The van der Waals surface area contributed by atoms with Gasteiger partial charge in [-0.15, -0.1) is 0 Å². The molecule has 0 fully saturated rings. The maximum atomic E-state index is 12.3. The van der Waals surface area contributed by atoms with Gasteiger partial charge in [0, 0.05) is 12.7 Å². The zero-order valence-corrected chi connectivity index (χ0v) is 20.9. The van der Waals surface area contributed by atoms with Gasteiger partial charge in [-0.05, 0) is 49.8 Å². The van der Waals surface area contributed by atoms with E-state index >= 15 is 0 Å². The van der Waals surface area contributed by atoms with E-state index in [4.69, 9.17) is 14.6 Å². The van der Waals surface area contributed by atoms with Crippen LogP contribution >= 0.6 is 0 Å². The molecule has 0 amide bonds. The molecule has 0 saturated carbocycles. The lowest BCUT2D eigenvalue weighted by Gasteiger charge is -2.20. The van der Waals surface area contributed by atoms with Gasteiger partial charge in [0.25, 0.3) is 0 Å². The van der Waals surface area contributed by atoms with Crippen LogP contribution in [0.2, 0.25) is 0 Å². The van der Waals surface area contributed by atoms with Gasteiger partial charge in [0.2, 0.25) is 0 Å². The minimum Gasteiger partial charge on any atom is -0.491 e. The van der Waals surface area contributed by atoms with Crippen molar-refractivity contribution in [3.8, 4) is 5.75 Å². The van der Waals surface area contributed by atoms with Gasteiger partial charge in [0.05, 0.1) is 18.0 Å². The zero-order chi connectivity index (χ0) is 24.7. The maximum Gasteiger partial charge on any atom is 0.303 e. The molecule has 2 aromatic carbocycles. The summed E-state index contributed by atoms with van der Waals surface area (Å²) in [4.78, 5) is 10.6. The number of ether oxygens (including phenoxy) is 2. The highest BCUT2D eigenvalue weighted by Crippen LogP contribution is 2.20. The first-order valence-electron chi connectivity index (χ1n) is 12.1. The SMILES string of the molecule is CS(=O)(=O)C(CCCCCCC(=O)O)CCCC(COc1ccccc1)OCc1ccccc1. The number of rotatable bonds is 18. The third-order valence-corrected chi connectivity index (χ3v) is 7.51. The second-order valence-corrected chi connectivity index (χ2v) is 11.1. The molecular formula is C27H38O6S. The zero-order valence-electron chi connectivity index (χ0n) is 20.1. The molecule has 0 radical (unpaired) electrons. The van der Waals surface area contributed by atoms with Crippen molar-refractivity contribution in [1.82, 2.24) is 0 Å². The number of benzene rings is 2. The number of hydrogen-bond acceptors (Lipinski definition) is 5. The van der Waals surface area contributed by atoms with Gasteiger partial charge >= 0.3 is 5.97 Å². The lowest BCUT2D eigenvalue weighted by molar-refractivity contribution is -0.137. The molecule has 2 unspecified atom stereocenters. The Morgan fingerprint density at radius 2 is 1.47 bits per heavy atom. The standard InChI is InChI=1S/C27H38O6S/c1-34(30,31)26(18-10-2-3-11-20-27(28)29)19-12-17-25(22-33-24-15-8-5-9-16-24)32-21-23-13-6-4-7-14-23/h4-9,13-16,25-26H,2-3,10-12,17-22H2,1H3,(H,28,29). The summed E-state index contributed by atoms with van der Waals surface area (Å²) < 4.78 is 36.7. The smallest absolute Gasteiger partial charge is 0.303 e. The Balaban J connectivity index is 1.83. The monoisotopic (exact) mass is 490 g/mol. The second kappa shape index (κ2) is 15.5. The van der Waals surface area contributed by atoms with Crippen molar-refractivity contribution < 1.29 is 27.8 Å². The van der Waals surface area contributed by atoms with E-state index in [-0.39, 0.29) is 17.8 Å². The summed E-state index contributed by atoms with van der Waals surface area (Å²) in [6, 6.07) is 19.6. The van der Waals surface area contributed by atoms with Crippen LogP contribution in [0.5, 0.6) is 5.75 Å². The van der Waals surface area contributed by atoms with Gasteiger partial charge in [-0.1, -0.05) is 67.8 Å². The van der Waals surface area contributed by atoms with E-state index < -0.39 is 15.8 Å². The van der Waals surface area contributed by atoms with Gasteiger partial charge in [0.15, 0.2) is 0 Å². The molecule has 2 atom stereocenters. The van der Waals surface area contributed by atoms with Crippen molar-refractivity contribution in [1.29, 1.82) is 0 Å². The molecular weight excluding hydrogens is 452 g/mol. The summed E-state index contributed by atoms with van der Waals surface area (Å²) in [5.41, 5.74) is 1.09. The maximum absolute atomic E-state index is 12.3. The number of carboxylic acids is 1. The van der Waals surface area contributed by atoms with Gasteiger partial charge < -0.3 is 14.6 Å². The minimum atomic E-state index is -3.15. The molecule has 0 aliphatic rings. The fourth-order valence-electron chi connectivity index (χ4n) is 3.86. The molecule has 0 spiro atoms. The highest BCUT2D eigenvalue weighted by atomic mass is 32.2. The van der Waals surface area contributed by atoms with Crippen molar-refractivity contribution in [3.05, 3.63) is 66.2 Å². The van der Waals surface area contributed by atoms with E-state index in [1.54, 1.807) is 0 Å². The molecule has 0 aliphatic carbocycles. The van der Waals surface area contributed by atoms with Crippen molar-refractivity contribution in [2.24, 2.45) is 0 Å². The van der Waals surface area contributed by atoms with Gasteiger partial charge in [-0.2, -0.15) is 0 Å². The fourth-order valence-corrected chi connectivity index (χ4v) is 5.05. The fraction of sp³-hybridized carbons (Fsp3) is 0.519. The molecule has 0 bridgehead atoms. The average molecular weight is 491 g/mol. The lowest BCUT2D eigenvalue weighted by Crippen LogP contribution is -2.24. The van der Waals surface area contributed by atoms with E-state index in [0.717, 1.165) is 37.0 Å². The van der Waals surface area contributed by atoms with E-state index in [1.165, 1.54) is 6.26 Å². The Bertz CT molecular complexity index is 871. The van der Waals surface area contributed by atoms with Crippen LogP contribution in [0.15, 0.2) is 60.7 Å². The lowest BCUT2D eigenvalue weighted by atomic mass is 10.0. The Kier molecular flexibility index (Phi) is 12.7. The Morgan fingerprint density at radius 3 is 2.12 bits per heavy atom. The molecule has 2 aromatic rings. The number of carbonyl (C=O) groups is 1. The molecule has 7 heteroatoms. The Morgan fingerprint density at radius 1 is 0.853 bits per heavy atom. The minimum absolute atomic E-state index is 0.142. The van der Waals surface area contributed by atoms with Crippen molar-refractivity contribution in [3.63, 3.8) is 0 Å². The number of hydrogen-bond donors (Lipinski definition) is 1. The molecule has 1 N–H and O–H groups in total. The summed E-state index contributed by atoms with van der Waals surface area (Å²) in [6.45, 7) is 0.888. The number of sulfone groups is 1. The van der Waals surface area contributed by atoms with E-state index in [2.05, 4.69) is 0 Å². The topological polar surface area (TPSA) is 89.9 Å². The first-order chi connectivity index (χ1) is 16.3. The van der Waals surface area contributed by atoms with E-state index in [0.29, 0.717) is 38.9 Å². The number of para-hydroxylation sites is 1. The van der Waals surface area contributed by atoms with Crippen molar-refractivity contribution in [2.45, 2.75) is 75.7 Å². The van der Waals surface area contributed by atoms with Crippen LogP contribution in [0.3, 0.4) is 0 Å². The predicted octanol–water partition coefficient (Wildman–Crippen LogP) is 5.66. The van der Waals surface area contributed by atoms with Crippen LogP contribution in [0.4, 0.5) is 0 Å². The van der Waals surface area contributed by atoms with Crippen LogP contribution < -0.4 is 4.74 Å². The summed E-state index contributed by atoms with van der Waals surface area (Å²) in [7, 11) is -3.15. The normalized spacial score (nSPS) is 13.3. The van der Waals surface area contributed by atoms with Gasteiger partial charge in [-0.3, -0.25) is 4.79 Å². The summed E-state index contributed by atoms with van der Waals surface area (Å²) >= 11 is 0. The quantitative estimate of drug-likeness (QED) is 0.271. The summed E-state index contributed by atoms with van der Waals surface area (Å²) in [5, 5.41) is 8.34. The number of aliphatic carboxylic acids is 1. The molecule has 34 heavy (non-hydrogen) atoms. The number of unbranched alkanes of at least 4 members (excludes halogenated alkanes) is 3. The third-order valence-electron chi connectivity index (χ3n) is 5.83. The molecule has 188 valence electrons. The van der Waals surface area contributed by atoms with Crippen LogP contribution in [-0.2, 0) is 26.0 Å². The Hall–Kier alpha value is -2.38. The van der Waals surface area contributed by atoms with Crippen LogP contribution in [0.1, 0.15) is 63.4 Å². The highest BCUT2D eigenvalue weighted by Gasteiger charge is 2.21. The highest BCUT2D eigenvalue weighted by molar-refractivity contribution is 7.91. The Labute approximate surface area is 204 Å². The molecule has 0 aliphatic heterocycles. The molecule has 0 aromatic heterocycles. The van der Waals surface area contributed by atoms with Gasteiger partial charge in [-0.25, -0.2) is 8.42 Å². The van der Waals surface area contributed by atoms with Crippen LogP contribution in [-0.4, -0.2) is 43.7 Å². The van der Waals surface area contributed by atoms with E-state index in [1.807, 2.05) is 60.7 Å². The first kappa shape index (κ1) is 27.9.